The first-order valence-corrected chi connectivity index (χ1v) is 25.3. The first kappa shape index (κ1) is 51.3. The molecule has 0 aliphatic heterocycles. The molecule has 0 spiro atoms. The van der Waals surface area contributed by atoms with Crippen LogP contribution in [0.5, 0.6) is 0 Å². The van der Waals surface area contributed by atoms with Gasteiger partial charge < -0.3 is 5.32 Å². The van der Waals surface area contributed by atoms with Gasteiger partial charge >= 0.3 is 0 Å². The highest BCUT2D eigenvalue weighted by Crippen LogP contribution is 2.31. The van der Waals surface area contributed by atoms with Gasteiger partial charge in [0.25, 0.3) is 0 Å². The first-order chi connectivity index (χ1) is 35.4. The van der Waals surface area contributed by atoms with E-state index in [9.17, 15) is 0 Å². The zero-order valence-corrected chi connectivity index (χ0v) is 42.4. The fraction of sp³-hybridized carbons (Fsp3) is 0.0986. The highest BCUT2D eigenvalue weighted by molar-refractivity contribution is 5.78. The second-order valence-corrected chi connectivity index (χ2v) is 17.7. The zero-order chi connectivity index (χ0) is 50.2. The van der Waals surface area contributed by atoms with Crippen LogP contribution >= 0.6 is 0 Å². The summed E-state index contributed by atoms with van der Waals surface area (Å²) in [5.41, 5.74) is 20.7. The van der Waals surface area contributed by atoms with Crippen LogP contribution in [0, 0.1) is 0 Å². The van der Waals surface area contributed by atoms with Crippen molar-refractivity contribution in [1.29, 1.82) is 0 Å². The summed E-state index contributed by atoms with van der Waals surface area (Å²) in [7, 11) is 0. The summed E-state index contributed by atoms with van der Waals surface area (Å²) in [6, 6.07) is 87.2. The number of benzene rings is 9. The van der Waals surface area contributed by atoms with Gasteiger partial charge in [-0.15, -0.1) is 0 Å². The van der Waals surface area contributed by atoms with Crippen molar-refractivity contribution in [1.82, 2.24) is 0 Å². The molecule has 0 aliphatic carbocycles. The summed E-state index contributed by atoms with van der Waals surface area (Å²) in [6.07, 6.45) is 14.5. The second kappa shape index (κ2) is 27.6. The molecule has 1 N–H and O–H groups in total. The van der Waals surface area contributed by atoms with Gasteiger partial charge in [-0.2, -0.15) is 0 Å². The van der Waals surface area contributed by atoms with Crippen LogP contribution < -0.4 is 5.32 Å². The minimum atomic E-state index is 0.980. The Morgan fingerprint density at radius 3 is 1.26 bits per heavy atom. The van der Waals surface area contributed by atoms with Crippen molar-refractivity contribution in [2.75, 3.05) is 5.32 Å². The molecule has 0 atom stereocenters. The number of allylic oxidation sites excluding steroid dienone is 8. The van der Waals surface area contributed by atoms with Crippen LogP contribution in [-0.4, -0.2) is 0 Å². The van der Waals surface area contributed by atoms with E-state index in [0.29, 0.717) is 0 Å². The molecule has 0 amide bonds. The standard InChI is InChI=1S/C50H47N.C12H10.C9H10/c1-4-14-44(35-38-17-9-7-10-18-38)46(16-6-3)36-45(15-5-2)42-25-23-40(24-26-42)41-27-31-49(32-28-41)51-50-33-29-43(30-34-50)48-22-13-21-47(37-48)39-19-11-8-12-20-39;1-3-7-11(8-4-1)12-9-5-2-6-10-12;1-8(2)9-6-4-3-5-7-9/h4,7-14,16-37,51H,5-6,15H2,1-3H3;1-10H;3-7H,1H2,2H3/b14-4-,44-35+,45-36+,46-16-;;. The van der Waals surface area contributed by atoms with E-state index in [0.717, 1.165) is 36.2 Å². The molecule has 0 saturated carbocycles. The molecule has 356 valence electrons. The van der Waals surface area contributed by atoms with Crippen molar-refractivity contribution in [3.05, 3.63) is 307 Å². The summed E-state index contributed by atoms with van der Waals surface area (Å²) < 4.78 is 0. The van der Waals surface area contributed by atoms with Crippen LogP contribution in [-0.2, 0) is 0 Å². The number of hydrogen-bond acceptors (Lipinski definition) is 1. The molecule has 1 nitrogen and oxygen atoms in total. The first-order valence-electron chi connectivity index (χ1n) is 25.3. The molecule has 0 radical (unpaired) electrons. The minimum absolute atomic E-state index is 0.980. The minimum Gasteiger partial charge on any atom is -0.356 e. The predicted octanol–water partition coefficient (Wildman–Crippen LogP) is 20.7. The van der Waals surface area contributed by atoms with E-state index < -0.39 is 0 Å². The average Bonchev–Trinajstić information content (AvgIpc) is 3.45. The number of nitrogens with one attached hydrogen (secondary N) is 1. The van der Waals surface area contributed by atoms with E-state index in [1.807, 2.05) is 37.3 Å². The summed E-state index contributed by atoms with van der Waals surface area (Å²) >= 11 is 0. The van der Waals surface area contributed by atoms with E-state index >= 15 is 0 Å². The highest BCUT2D eigenvalue weighted by atomic mass is 14.9. The maximum absolute atomic E-state index is 3.83. The molecule has 0 aliphatic rings. The fourth-order valence-electron chi connectivity index (χ4n) is 8.40. The lowest BCUT2D eigenvalue weighted by Gasteiger charge is -2.13. The van der Waals surface area contributed by atoms with Gasteiger partial charge in [-0.25, -0.2) is 0 Å². The molecule has 0 unspecified atom stereocenters. The molecule has 9 rings (SSSR count). The Labute approximate surface area is 430 Å². The number of hydrogen-bond donors (Lipinski definition) is 1. The van der Waals surface area contributed by atoms with Crippen LogP contribution in [0.4, 0.5) is 11.4 Å². The monoisotopic (exact) mass is 934 g/mol. The molecular weight excluding hydrogens is 867 g/mol. The third-order valence-corrected chi connectivity index (χ3v) is 12.2. The Balaban J connectivity index is 0.000000295. The van der Waals surface area contributed by atoms with Gasteiger partial charge in [0.2, 0.25) is 0 Å². The third-order valence-electron chi connectivity index (χ3n) is 12.2. The molecule has 0 heterocycles. The Morgan fingerprint density at radius 2 is 0.833 bits per heavy atom. The molecule has 1 heteroatoms. The normalized spacial score (nSPS) is 11.5. The summed E-state index contributed by atoms with van der Waals surface area (Å²) in [6.45, 7) is 12.4. The molecule has 0 bridgehead atoms. The molecule has 9 aromatic carbocycles. The smallest absolute Gasteiger partial charge is 0.0384 e. The van der Waals surface area contributed by atoms with Gasteiger partial charge in [-0.3, -0.25) is 0 Å². The Morgan fingerprint density at radius 1 is 0.431 bits per heavy atom. The van der Waals surface area contributed by atoms with Crippen LogP contribution in [0.25, 0.3) is 61.7 Å². The Hall–Kier alpha value is -8.52. The summed E-state index contributed by atoms with van der Waals surface area (Å²) in [5.74, 6) is 0. The van der Waals surface area contributed by atoms with Gasteiger partial charge in [-0.1, -0.05) is 275 Å². The SMILES string of the molecule is C=C(C)c1ccccc1.C\C=C/C(=C\c1ccccc1)C(=C\CC)/C=C(\CCC)c1ccc(-c2ccc(Nc3ccc(-c4cccc(-c5ccccc5)c4)cc3)cc2)cc1.c1ccc(-c2ccccc2)cc1. The lowest BCUT2D eigenvalue weighted by Crippen LogP contribution is -1.91. The predicted molar refractivity (Wildman–Crippen MR) is 316 cm³/mol. The summed E-state index contributed by atoms with van der Waals surface area (Å²) in [4.78, 5) is 0. The van der Waals surface area contributed by atoms with Crippen molar-refractivity contribution in [3.8, 4) is 44.5 Å². The van der Waals surface area contributed by atoms with Crippen molar-refractivity contribution < 1.29 is 0 Å². The maximum Gasteiger partial charge on any atom is 0.0384 e. The van der Waals surface area contributed by atoms with Crippen molar-refractivity contribution in [2.24, 2.45) is 0 Å². The van der Waals surface area contributed by atoms with E-state index in [4.69, 9.17) is 0 Å². The maximum atomic E-state index is 3.83. The molecule has 0 saturated heterocycles. The second-order valence-electron chi connectivity index (χ2n) is 17.7. The molecule has 72 heavy (non-hydrogen) atoms. The topological polar surface area (TPSA) is 12.0 Å². The van der Waals surface area contributed by atoms with Gasteiger partial charge in [0.05, 0.1) is 0 Å². The Bertz CT molecular complexity index is 3100. The molecule has 0 aromatic heterocycles. The van der Waals surface area contributed by atoms with Gasteiger partial charge in [0.1, 0.15) is 0 Å². The average molecular weight is 934 g/mol. The largest absolute Gasteiger partial charge is 0.356 e. The lowest BCUT2D eigenvalue weighted by atomic mass is 9.93. The molecular formula is C71H67N. The van der Waals surface area contributed by atoms with Gasteiger partial charge in [-0.05, 0) is 141 Å². The van der Waals surface area contributed by atoms with Crippen LogP contribution in [0.3, 0.4) is 0 Å². The van der Waals surface area contributed by atoms with E-state index in [2.05, 4.69) is 281 Å². The van der Waals surface area contributed by atoms with E-state index in [-0.39, 0.29) is 0 Å². The third kappa shape index (κ3) is 15.5. The van der Waals surface area contributed by atoms with Crippen LogP contribution in [0.15, 0.2) is 291 Å². The molecule has 0 fully saturated rings. The number of rotatable bonds is 15. The van der Waals surface area contributed by atoms with Crippen LogP contribution in [0.2, 0.25) is 0 Å². The van der Waals surface area contributed by atoms with Crippen molar-refractivity contribution >= 4 is 28.6 Å². The van der Waals surface area contributed by atoms with Crippen molar-refractivity contribution in [2.45, 2.75) is 47.0 Å². The fourth-order valence-corrected chi connectivity index (χ4v) is 8.40. The van der Waals surface area contributed by atoms with Crippen molar-refractivity contribution in [3.63, 3.8) is 0 Å². The quantitative estimate of drug-likeness (QED) is 0.101. The Kier molecular flexibility index (Phi) is 19.7. The van der Waals surface area contributed by atoms with Crippen LogP contribution in [0.1, 0.15) is 63.6 Å². The number of anilines is 2. The molecule has 9 aromatic rings. The highest BCUT2D eigenvalue weighted by Gasteiger charge is 2.08. The van der Waals surface area contributed by atoms with Gasteiger partial charge in [0.15, 0.2) is 0 Å². The van der Waals surface area contributed by atoms with Gasteiger partial charge in [0, 0.05) is 11.4 Å². The van der Waals surface area contributed by atoms with E-state index in [1.165, 1.54) is 77.9 Å². The lowest BCUT2D eigenvalue weighted by molar-refractivity contribution is 0.972. The zero-order valence-electron chi connectivity index (χ0n) is 42.4. The van der Waals surface area contributed by atoms with E-state index in [1.54, 1.807) is 0 Å². The summed E-state index contributed by atoms with van der Waals surface area (Å²) in [5, 5.41) is 3.58.